The van der Waals surface area contributed by atoms with Gasteiger partial charge in [-0.15, -0.1) is 0 Å². The highest BCUT2D eigenvalue weighted by atomic mass is 19.1. The van der Waals surface area contributed by atoms with Gasteiger partial charge in [-0.3, -0.25) is 9.69 Å². The number of hydrogen-bond acceptors (Lipinski definition) is 6. The molecule has 2 aliphatic heterocycles. The van der Waals surface area contributed by atoms with E-state index in [1.54, 1.807) is 12.1 Å². The number of benzene rings is 1. The van der Waals surface area contributed by atoms with E-state index in [0.717, 1.165) is 57.0 Å². The summed E-state index contributed by atoms with van der Waals surface area (Å²) < 4.78 is 13.1. The molecule has 2 aromatic rings. The molecule has 3 heterocycles. The molecule has 1 aromatic heterocycles. The van der Waals surface area contributed by atoms with Crippen LogP contribution >= 0.6 is 0 Å². The predicted octanol–water partition coefficient (Wildman–Crippen LogP) is 2.85. The summed E-state index contributed by atoms with van der Waals surface area (Å²) in [4.78, 5) is 28.3. The monoisotopic (exact) mass is 440 g/mol. The lowest BCUT2D eigenvalue weighted by Crippen LogP contribution is -2.41. The molecule has 2 fully saturated rings. The molecule has 0 bridgehead atoms. The van der Waals surface area contributed by atoms with Gasteiger partial charge >= 0.3 is 0 Å². The number of aromatic nitrogens is 2. The van der Waals surface area contributed by atoms with Crippen LogP contribution in [-0.4, -0.2) is 72.5 Å². The van der Waals surface area contributed by atoms with E-state index in [1.165, 1.54) is 12.1 Å². The fourth-order valence-electron chi connectivity index (χ4n) is 4.96. The molecular formula is C24H33FN6O. The molecule has 0 radical (unpaired) electrons. The quantitative estimate of drug-likeness (QED) is 0.745. The second-order valence-electron chi connectivity index (χ2n) is 9.34. The first-order valence-corrected chi connectivity index (χ1v) is 11.4. The lowest BCUT2D eigenvalue weighted by Gasteiger charge is -2.37. The summed E-state index contributed by atoms with van der Waals surface area (Å²) in [5.74, 6) is 1.04. The zero-order chi connectivity index (χ0) is 22.7. The van der Waals surface area contributed by atoms with E-state index in [4.69, 9.17) is 0 Å². The smallest absolute Gasteiger partial charge is 0.228 e. The molecule has 8 heteroatoms. The van der Waals surface area contributed by atoms with Crippen LogP contribution in [0.1, 0.15) is 24.8 Å². The number of carbonyl (C=O) groups excluding carboxylic acids is 1. The minimum Gasteiger partial charge on any atom is -0.347 e. The van der Waals surface area contributed by atoms with E-state index in [9.17, 15) is 9.18 Å². The Bertz CT molecular complexity index is 896. The molecule has 0 saturated carbocycles. The zero-order valence-corrected chi connectivity index (χ0v) is 19.2. The number of hydrogen-bond donors (Lipinski definition) is 1. The maximum atomic E-state index is 13.1. The Kier molecular flexibility index (Phi) is 7.01. The Morgan fingerprint density at radius 1 is 1.16 bits per heavy atom. The van der Waals surface area contributed by atoms with Gasteiger partial charge in [-0.05, 0) is 69.6 Å². The van der Waals surface area contributed by atoms with Crippen LogP contribution in [0.15, 0.2) is 36.7 Å². The average Bonchev–Trinajstić information content (AvgIpc) is 3.18. The highest BCUT2D eigenvalue weighted by Crippen LogP contribution is 2.33. The number of halogens is 1. The molecule has 1 amide bonds. The van der Waals surface area contributed by atoms with Crippen LogP contribution in [0.3, 0.4) is 0 Å². The number of anilines is 2. The summed E-state index contributed by atoms with van der Waals surface area (Å²) in [6, 6.07) is 6.39. The maximum Gasteiger partial charge on any atom is 0.228 e. The summed E-state index contributed by atoms with van der Waals surface area (Å²) in [7, 11) is 6.01. The maximum absolute atomic E-state index is 13.1. The van der Waals surface area contributed by atoms with E-state index >= 15 is 0 Å². The average molecular weight is 441 g/mol. The van der Waals surface area contributed by atoms with Crippen LogP contribution in [0.4, 0.5) is 16.0 Å². The zero-order valence-electron chi connectivity index (χ0n) is 19.2. The van der Waals surface area contributed by atoms with Gasteiger partial charge in [0.1, 0.15) is 5.82 Å². The Labute approximate surface area is 189 Å². The van der Waals surface area contributed by atoms with Crippen molar-refractivity contribution in [3.63, 3.8) is 0 Å². The van der Waals surface area contributed by atoms with Crippen molar-refractivity contribution in [2.24, 2.45) is 11.8 Å². The van der Waals surface area contributed by atoms with Crippen LogP contribution < -0.4 is 10.2 Å². The molecule has 0 unspecified atom stereocenters. The topological polar surface area (TPSA) is 64.6 Å². The summed E-state index contributed by atoms with van der Waals surface area (Å²) in [5, 5.41) is 2.94. The van der Waals surface area contributed by atoms with Crippen molar-refractivity contribution in [2.75, 3.05) is 51.0 Å². The van der Waals surface area contributed by atoms with Gasteiger partial charge in [0.2, 0.25) is 11.9 Å². The molecule has 172 valence electrons. The van der Waals surface area contributed by atoms with Gasteiger partial charge in [0.25, 0.3) is 0 Å². The van der Waals surface area contributed by atoms with Gasteiger partial charge < -0.3 is 15.1 Å². The second kappa shape index (κ2) is 9.92. The van der Waals surface area contributed by atoms with E-state index < -0.39 is 0 Å². The fraction of sp³-hybridized carbons (Fsp3) is 0.542. The van der Waals surface area contributed by atoms with E-state index in [1.807, 2.05) is 31.4 Å². The van der Waals surface area contributed by atoms with Crippen molar-refractivity contribution >= 4 is 17.5 Å². The number of piperidine rings is 1. The molecule has 2 saturated heterocycles. The number of nitrogens with one attached hydrogen (secondary N) is 1. The van der Waals surface area contributed by atoms with Crippen molar-refractivity contribution in [3.8, 4) is 0 Å². The van der Waals surface area contributed by atoms with Crippen molar-refractivity contribution in [1.82, 2.24) is 19.8 Å². The minimum atomic E-state index is -0.298. The third-order valence-corrected chi connectivity index (χ3v) is 6.76. The number of likely N-dealkylation sites (tertiary alicyclic amines) is 2. The van der Waals surface area contributed by atoms with Crippen molar-refractivity contribution in [3.05, 3.63) is 48.0 Å². The van der Waals surface area contributed by atoms with Gasteiger partial charge in [-0.2, -0.15) is 0 Å². The third kappa shape index (κ3) is 5.42. The number of rotatable bonds is 6. The first kappa shape index (κ1) is 22.6. The van der Waals surface area contributed by atoms with Crippen LogP contribution in [0, 0.1) is 17.7 Å². The van der Waals surface area contributed by atoms with Crippen LogP contribution in [-0.2, 0) is 11.3 Å². The Balaban J connectivity index is 1.26. The summed E-state index contributed by atoms with van der Waals surface area (Å²) in [6.45, 7) is 3.75. The highest BCUT2D eigenvalue weighted by Gasteiger charge is 2.39. The van der Waals surface area contributed by atoms with Crippen LogP contribution in [0.2, 0.25) is 0 Å². The van der Waals surface area contributed by atoms with Gasteiger partial charge in [0, 0.05) is 56.9 Å². The molecule has 0 aliphatic carbocycles. The molecular weight excluding hydrogens is 407 g/mol. The Hall–Kier alpha value is -2.58. The lowest BCUT2D eigenvalue weighted by molar-refractivity contribution is -0.119. The van der Waals surface area contributed by atoms with E-state index in [-0.39, 0.29) is 17.6 Å². The molecule has 4 rings (SSSR count). The molecule has 7 nitrogen and oxygen atoms in total. The molecule has 1 aromatic carbocycles. The Morgan fingerprint density at radius 2 is 1.81 bits per heavy atom. The summed E-state index contributed by atoms with van der Waals surface area (Å²) in [6.07, 6.45) is 7.00. The lowest BCUT2D eigenvalue weighted by atomic mass is 9.86. The third-order valence-electron chi connectivity index (χ3n) is 6.76. The highest BCUT2D eigenvalue weighted by molar-refractivity contribution is 5.92. The first-order valence-electron chi connectivity index (χ1n) is 11.4. The van der Waals surface area contributed by atoms with Gasteiger partial charge in [-0.1, -0.05) is 0 Å². The summed E-state index contributed by atoms with van der Waals surface area (Å²) in [5.41, 5.74) is 1.79. The summed E-state index contributed by atoms with van der Waals surface area (Å²) >= 11 is 0. The van der Waals surface area contributed by atoms with Crippen molar-refractivity contribution in [2.45, 2.75) is 31.8 Å². The first-order chi connectivity index (χ1) is 15.4. The number of nitrogens with zero attached hydrogens (tertiary/aromatic N) is 5. The van der Waals surface area contributed by atoms with E-state index in [2.05, 4.69) is 32.1 Å². The molecule has 1 N–H and O–H groups in total. The number of carbonyl (C=O) groups is 1. The predicted molar refractivity (Wildman–Crippen MR) is 124 cm³/mol. The van der Waals surface area contributed by atoms with E-state index in [0.29, 0.717) is 17.6 Å². The largest absolute Gasteiger partial charge is 0.347 e. The Morgan fingerprint density at radius 3 is 2.44 bits per heavy atom. The normalized spacial score (nSPS) is 22.8. The van der Waals surface area contributed by atoms with Crippen LogP contribution in [0.5, 0.6) is 0 Å². The fourth-order valence-corrected chi connectivity index (χ4v) is 4.96. The minimum absolute atomic E-state index is 0.0274. The van der Waals surface area contributed by atoms with Crippen molar-refractivity contribution in [1.29, 1.82) is 0 Å². The molecule has 2 aliphatic rings. The molecule has 2 atom stereocenters. The van der Waals surface area contributed by atoms with Gasteiger partial charge in [-0.25, -0.2) is 14.4 Å². The SMILES string of the molecule is CN(C)c1ncc(CN2CCC([C@@H]3C[C@H](C(=O)Nc4ccc(F)cc4)CN3C)CC2)cn1. The van der Waals surface area contributed by atoms with Gasteiger partial charge in [0.15, 0.2) is 0 Å². The van der Waals surface area contributed by atoms with Crippen molar-refractivity contribution < 1.29 is 9.18 Å². The van der Waals surface area contributed by atoms with Crippen LogP contribution in [0.25, 0.3) is 0 Å². The standard InChI is InChI=1S/C24H33FN6O/c1-29(2)24-26-13-17(14-27-24)15-31-10-8-18(9-11-31)22-12-19(16-30(22)3)23(32)28-21-6-4-20(25)5-7-21/h4-7,13-14,18-19,22H,8-12,15-16H2,1-3H3,(H,28,32)/t19-,22-/m0/s1. The molecule has 32 heavy (non-hydrogen) atoms. The van der Waals surface area contributed by atoms with Gasteiger partial charge in [0.05, 0.1) is 5.92 Å². The molecule has 0 spiro atoms. The number of amides is 1. The second-order valence-corrected chi connectivity index (χ2v) is 9.34.